The fraction of sp³-hybridized carbons (Fsp3) is 0.222. The Kier molecular flexibility index (Phi) is 4.96. The number of rotatable bonds is 4. The van der Waals surface area contributed by atoms with Gasteiger partial charge in [-0.1, -0.05) is 40.9 Å². The molecule has 4 nitrogen and oxygen atoms in total. The molecule has 2 aromatic carbocycles. The lowest BCUT2D eigenvalue weighted by Gasteiger charge is -2.17. The van der Waals surface area contributed by atoms with E-state index < -0.39 is 5.41 Å². The second-order valence-electron chi connectivity index (χ2n) is 6.07. The minimum Gasteiger partial charge on any atom is -0.325 e. The van der Waals surface area contributed by atoms with Crippen LogP contribution in [0.2, 0.25) is 15.1 Å². The summed E-state index contributed by atoms with van der Waals surface area (Å²) in [5.74, 6) is -0.727. The van der Waals surface area contributed by atoms with Gasteiger partial charge in [0.25, 0.3) is 0 Å². The van der Waals surface area contributed by atoms with Crippen LogP contribution >= 0.6 is 34.8 Å². The van der Waals surface area contributed by atoms with Crippen molar-refractivity contribution >= 4 is 58.0 Å². The number of nitrogens with one attached hydrogen (secondary N) is 2. The molecule has 0 radical (unpaired) electrons. The van der Waals surface area contributed by atoms with Crippen molar-refractivity contribution < 1.29 is 9.59 Å². The third-order valence-corrected chi connectivity index (χ3v) is 5.03. The maximum Gasteiger partial charge on any atom is 0.240 e. The van der Waals surface area contributed by atoms with E-state index in [2.05, 4.69) is 10.6 Å². The van der Waals surface area contributed by atoms with Crippen LogP contribution < -0.4 is 10.6 Å². The fourth-order valence-electron chi connectivity index (χ4n) is 2.49. The van der Waals surface area contributed by atoms with Crippen molar-refractivity contribution in [3.05, 3.63) is 57.0 Å². The Bertz CT molecular complexity index is 863. The van der Waals surface area contributed by atoms with Crippen LogP contribution in [0.1, 0.15) is 18.4 Å². The molecule has 7 heteroatoms. The van der Waals surface area contributed by atoms with E-state index in [4.69, 9.17) is 34.8 Å². The molecule has 0 unspecified atom stereocenters. The maximum atomic E-state index is 12.7. The second-order valence-corrected chi connectivity index (χ2v) is 7.35. The molecule has 0 aromatic heterocycles. The standard InChI is InChI=1S/C18H15Cl3N2O2/c1-10-2-3-12(20)9-15(10)23-17(25)18(6-7-18)16(24)22-14-5-4-11(19)8-13(14)21/h2-5,8-9H,6-7H2,1H3,(H,22,24)(H,23,25). The van der Waals surface area contributed by atoms with Gasteiger partial charge in [-0.15, -0.1) is 0 Å². The van der Waals surface area contributed by atoms with Gasteiger partial charge in [-0.2, -0.15) is 0 Å². The molecule has 0 aliphatic heterocycles. The Morgan fingerprint density at radius 2 is 1.44 bits per heavy atom. The fourth-order valence-corrected chi connectivity index (χ4v) is 3.11. The lowest BCUT2D eigenvalue weighted by molar-refractivity contribution is -0.131. The van der Waals surface area contributed by atoms with Gasteiger partial charge in [0.2, 0.25) is 11.8 Å². The van der Waals surface area contributed by atoms with E-state index in [0.717, 1.165) is 5.56 Å². The number of aryl methyl sites for hydroxylation is 1. The van der Waals surface area contributed by atoms with Gasteiger partial charge in [-0.05, 0) is 55.7 Å². The average Bonchev–Trinajstić information content (AvgIpc) is 3.35. The van der Waals surface area contributed by atoms with Gasteiger partial charge in [0.1, 0.15) is 5.41 Å². The van der Waals surface area contributed by atoms with E-state index in [1.54, 1.807) is 24.3 Å². The summed E-state index contributed by atoms with van der Waals surface area (Å²) in [5, 5.41) is 6.83. The van der Waals surface area contributed by atoms with Crippen LogP contribution in [0.3, 0.4) is 0 Å². The number of hydrogen-bond acceptors (Lipinski definition) is 2. The van der Waals surface area contributed by atoms with Crippen LogP contribution in [0.25, 0.3) is 0 Å². The van der Waals surface area contributed by atoms with Gasteiger partial charge in [0.15, 0.2) is 0 Å². The van der Waals surface area contributed by atoms with Crippen LogP contribution in [-0.2, 0) is 9.59 Å². The van der Waals surface area contributed by atoms with E-state index in [-0.39, 0.29) is 11.8 Å². The number of benzene rings is 2. The number of hydrogen-bond donors (Lipinski definition) is 2. The zero-order valence-electron chi connectivity index (χ0n) is 13.3. The molecular formula is C18H15Cl3N2O2. The number of carbonyl (C=O) groups excluding carboxylic acids is 2. The van der Waals surface area contributed by atoms with Crippen molar-refractivity contribution in [2.75, 3.05) is 10.6 Å². The molecule has 2 amide bonds. The summed E-state index contributed by atoms with van der Waals surface area (Å²) in [4.78, 5) is 25.3. The Morgan fingerprint density at radius 1 is 0.880 bits per heavy atom. The number of amides is 2. The normalized spacial score (nSPS) is 14.7. The zero-order valence-corrected chi connectivity index (χ0v) is 15.6. The van der Waals surface area contributed by atoms with Gasteiger partial charge >= 0.3 is 0 Å². The predicted molar refractivity (Wildman–Crippen MR) is 102 cm³/mol. The largest absolute Gasteiger partial charge is 0.325 e. The van der Waals surface area contributed by atoms with Crippen molar-refractivity contribution in [2.24, 2.45) is 5.41 Å². The molecule has 25 heavy (non-hydrogen) atoms. The number of halogens is 3. The third-order valence-electron chi connectivity index (χ3n) is 4.25. The molecular weight excluding hydrogens is 383 g/mol. The van der Waals surface area contributed by atoms with E-state index in [9.17, 15) is 9.59 Å². The highest BCUT2D eigenvalue weighted by molar-refractivity contribution is 6.37. The van der Waals surface area contributed by atoms with E-state index in [0.29, 0.717) is 39.3 Å². The summed E-state index contributed by atoms with van der Waals surface area (Å²) in [6.45, 7) is 1.86. The Hall–Kier alpha value is -1.75. The van der Waals surface area contributed by atoms with Crippen molar-refractivity contribution in [3.8, 4) is 0 Å². The van der Waals surface area contributed by atoms with Crippen molar-refractivity contribution in [1.82, 2.24) is 0 Å². The summed E-state index contributed by atoms with van der Waals surface area (Å²) >= 11 is 17.9. The van der Waals surface area contributed by atoms with Gasteiger partial charge in [0.05, 0.1) is 10.7 Å². The summed E-state index contributed by atoms with van der Waals surface area (Å²) in [6, 6.07) is 9.99. The van der Waals surface area contributed by atoms with Gasteiger partial charge < -0.3 is 10.6 Å². The topological polar surface area (TPSA) is 58.2 Å². The molecule has 0 bridgehead atoms. The molecule has 2 aromatic rings. The van der Waals surface area contributed by atoms with Crippen LogP contribution in [0.5, 0.6) is 0 Å². The first kappa shape index (κ1) is 18.1. The number of anilines is 2. The van der Waals surface area contributed by atoms with Gasteiger partial charge in [0, 0.05) is 15.7 Å². The highest BCUT2D eigenvalue weighted by atomic mass is 35.5. The SMILES string of the molecule is Cc1ccc(Cl)cc1NC(=O)C1(C(=O)Nc2ccc(Cl)cc2Cl)CC1. The monoisotopic (exact) mass is 396 g/mol. The minimum absolute atomic E-state index is 0.322. The molecule has 0 heterocycles. The average molecular weight is 398 g/mol. The predicted octanol–water partition coefficient (Wildman–Crippen LogP) is 5.31. The lowest BCUT2D eigenvalue weighted by Crippen LogP contribution is -2.35. The smallest absolute Gasteiger partial charge is 0.240 e. The molecule has 1 aliphatic carbocycles. The highest BCUT2D eigenvalue weighted by Gasteiger charge is 2.56. The first-order valence-electron chi connectivity index (χ1n) is 7.66. The van der Waals surface area contributed by atoms with Crippen LogP contribution in [0.15, 0.2) is 36.4 Å². The van der Waals surface area contributed by atoms with Crippen molar-refractivity contribution in [1.29, 1.82) is 0 Å². The Labute approximate surface area is 160 Å². The molecule has 2 N–H and O–H groups in total. The van der Waals surface area contributed by atoms with Crippen molar-refractivity contribution in [3.63, 3.8) is 0 Å². The second kappa shape index (κ2) is 6.87. The lowest BCUT2D eigenvalue weighted by atomic mass is 10.0. The molecule has 1 fully saturated rings. The third kappa shape index (κ3) is 3.76. The molecule has 0 spiro atoms. The van der Waals surface area contributed by atoms with Crippen LogP contribution in [-0.4, -0.2) is 11.8 Å². The maximum absolute atomic E-state index is 12.7. The Morgan fingerprint density at radius 3 is 2.04 bits per heavy atom. The van der Waals surface area contributed by atoms with E-state index in [1.165, 1.54) is 6.07 Å². The van der Waals surface area contributed by atoms with Gasteiger partial charge in [-0.25, -0.2) is 0 Å². The first-order chi connectivity index (χ1) is 11.8. The van der Waals surface area contributed by atoms with E-state index in [1.807, 2.05) is 13.0 Å². The zero-order chi connectivity index (χ0) is 18.2. The number of carbonyl (C=O) groups is 2. The molecule has 0 atom stereocenters. The molecule has 0 saturated heterocycles. The van der Waals surface area contributed by atoms with E-state index >= 15 is 0 Å². The summed E-state index contributed by atoms with van der Waals surface area (Å²) in [5.41, 5.74) is 0.808. The quantitative estimate of drug-likeness (QED) is 0.687. The van der Waals surface area contributed by atoms with Gasteiger partial charge in [-0.3, -0.25) is 9.59 Å². The van der Waals surface area contributed by atoms with Crippen LogP contribution in [0, 0.1) is 12.3 Å². The molecule has 3 rings (SSSR count). The first-order valence-corrected chi connectivity index (χ1v) is 8.79. The molecule has 1 saturated carbocycles. The molecule has 130 valence electrons. The summed E-state index contributed by atoms with van der Waals surface area (Å²) < 4.78 is 0. The summed E-state index contributed by atoms with van der Waals surface area (Å²) in [7, 11) is 0. The van der Waals surface area contributed by atoms with Crippen molar-refractivity contribution in [2.45, 2.75) is 19.8 Å². The molecule has 1 aliphatic rings. The van der Waals surface area contributed by atoms with Crippen LogP contribution in [0.4, 0.5) is 11.4 Å². The minimum atomic E-state index is -1.09. The Balaban J connectivity index is 1.75. The highest BCUT2D eigenvalue weighted by Crippen LogP contribution is 2.48. The summed E-state index contributed by atoms with van der Waals surface area (Å²) in [6.07, 6.45) is 0.963.